The second kappa shape index (κ2) is 9.47. The van der Waals surface area contributed by atoms with Gasteiger partial charge in [0.25, 0.3) is 0 Å². The van der Waals surface area contributed by atoms with Gasteiger partial charge in [0.2, 0.25) is 5.91 Å². The first-order chi connectivity index (χ1) is 15.0. The Morgan fingerprint density at radius 2 is 2.00 bits per heavy atom. The topological polar surface area (TPSA) is 65.8 Å². The van der Waals surface area contributed by atoms with Crippen LogP contribution in [-0.4, -0.2) is 69.3 Å². The number of benzene rings is 1. The van der Waals surface area contributed by atoms with E-state index in [1.165, 1.54) is 5.56 Å². The Morgan fingerprint density at radius 3 is 2.74 bits per heavy atom. The smallest absolute Gasteiger partial charge is 0.224 e. The molecule has 0 radical (unpaired) electrons. The van der Waals surface area contributed by atoms with Gasteiger partial charge in [-0.3, -0.25) is 19.1 Å². The number of hydrogen-bond donors (Lipinski definition) is 1. The van der Waals surface area contributed by atoms with Crippen LogP contribution in [0.15, 0.2) is 42.9 Å². The first-order valence-electron chi connectivity index (χ1n) is 11.1. The van der Waals surface area contributed by atoms with Crippen LogP contribution in [0.5, 0.6) is 0 Å². The minimum Gasteiger partial charge on any atom is -0.369 e. The van der Waals surface area contributed by atoms with Crippen LogP contribution in [0.2, 0.25) is 0 Å². The summed E-state index contributed by atoms with van der Waals surface area (Å²) in [6.07, 6.45) is 5.88. The number of hydrogen-bond acceptors (Lipinski definition) is 5. The molecule has 3 aromatic rings. The molecule has 4 rings (SSSR count). The summed E-state index contributed by atoms with van der Waals surface area (Å²) in [6.45, 7) is 11.8. The van der Waals surface area contributed by atoms with Gasteiger partial charge in [0.15, 0.2) is 5.65 Å². The van der Waals surface area contributed by atoms with E-state index in [1.54, 1.807) is 12.4 Å². The standard InChI is InChI=1S/C24H32N6O/c1-18(2)17-28-11-13-29(14-12-28)22(31)7-8-26-24-23(20-6-4-5-19(3)15-20)27-21-16-25-9-10-30(21)24/h4-6,9-10,15-16,18,26H,7-8,11-14,17H2,1-3H3. The number of carbonyl (C=O) groups is 1. The minimum absolute atomic E-state index is 0.212. The number of amides is 1. The Kier molecular flexibility index (Phi) is 6.51. The molecule has 1 aliphatic rings. The highest BCUT2D eigenvalue weighted by molar-refractivity contribution is 5.79. The van der Waals surface area contributed by atoms with Crippen molar-refractivity contribution in [2.45, 2.75) is 27.2 Å². The van der Waals surface area contributed by atoms with Crippen molar-refractivity contribution in [2.24, 2.45) is 5.92 Å². The second-order valence-electron chi connectivity index (χ2n) is 8.74. The van der Waals surface area contributed by atoms with Crippen LogP contribution in [0.4, 0.5) is 5.82 Å². The summed E-state index contributed by atoms with van der Waals surface area (Å²) in [6, 6.07) is 8.31. The van der Waals surface area contributed by atoms with Crippen LogP contribution in [0.1, 0.15) is 25.8 Å². The molecule has 1 amide bonds. The van der Waals surface area contributed by atoms with E-state index in [2.05, 4.69) is 54.2 Å². The molecular formula is C24H32N6O. The first-order valence-corrected chi connectivity index (χ1v) is 11.1. The molecular weight excluding hydrogens is 388 g/mol. The zero-order chi connectivity index (χ0) is 21.8. The Hall–Kier alpha value is -2.93. The van der Waals surface area contributed by atoms with Gasteiger partial charge in [0, 0.05) is 63.6 Å². The maximum Gasteiger partial charge on any atom is 0.224 e. The van der Waals surface area contributed by atoms with Crippen molar-refractivity contribution >= 4 is 17.4 Å². The second-order valence-corrected chi connectivity index (χ2v) is 8.74. The van der Waals surface area contributed by atoms with Crippen molar-refractivity contribution in [1.82, 2.24) is 24.2 Å². The predicted molar refractivity (Wildman–Crippen MR) is 124 cm³/mol. The molecule has 1 aliphatic heterocycles. The van der Waals surface area contributed by atoms with E-state index in [0.717, 1.165) is 55.4 Å². The lowest BCUT2D eigenvalue weighted by atomic mass is 10.1. The fourth-order valence-electron chi connectivity index (χ4n) is 4.21. The van der Waals surface area contributed by atoms with Gasteiger partial charge in [-0.15, -0.1) is 0 Å². The average Bonchev–Trinajstić information content (AvgIpc) is 3.12. The zero-order valence-corrected chi connectivity index (χ0v) is 18.7. The summed E-state index contributed by atoms with van der Waals surface area (Å²) in [5, 5.41) is 3.47. The van der Waals surface area contributed by atoms with Crippen LogP contribution in [0.3, 0.4) is 0 Å². The third-order valence-corrected chi connectivity index (χ3v) is 5.70. The van der Waals surface area contributed by atoms with Gasteiger partial charge in [-0.1, -0.05) is 37.6 Å². The normalized spacial score (nSPS) is 15.0. The molecule has 1 aromatic carbocycles. The van der Waals surface area contributed by atoms with Gasteiger partial charge in [-0.05, 0) is 18.9 Å². The monoisotopic (exact) mass is 420 g/mol. The lowest BCUT2D eigenvalue weighted by Gasteiger charge is -2.35. The van der Waals surface area contributed by atoms with E-state index >= 15 is 0 Å². The number of fused-ring (bicyclic) bond motifs is 1. The third-order valence-electron chi connectivity index (χ3n) is 5.70. The van der Waals surface area contributed by atoms with Crippen LogP contribution >= 0.6 is 0 Å². The largest absolute Gasteiger partial charge is 0.369 e. The van der Waals surface area contributed by atoms with E-state index in [1.807, 2.05) is 21.6 Å². The fourth-order valence-corrected chi connectivity index (χ4v) is 4.21. The number of nitrogens with zero attached hydrogens (tertiary/aromatic N) is 5. The van der Waals surface area contributed by atoms with E-state index in [-0.39, 0.29) is 5.91 Å². The predicted octanol–water partition coefficient (Wildman–Crippen LogP) is 3.31. The molecule has 7 heteroatoms. The molecule has 0 atom stereocenters. The maximum atomic E-state index is 12.8. The van der Waals surface area contributed by atoms with Crippen molar-refractivity contribution in [3.8, 4) is 11.3 Å². The van der Waals surface area contributed by atoms with Gasteiger partial charge < -0.3 is 10.2 Å². The van der Waals surface area contributed by atoms with Gasteiger partial charge in [0.05, 0.1) is 6.20 Å². The third kappa shape index (κ3) is 5.05. The number of piperazine rings is 1. The Labute approximate surface area is 184 Å². The SMILES string of the molecule is Cc1cccc(-c2nc3cnccn3c2NCCC(=O)N2CCN(CC(C)C)CC2)c1. The fraction of sp³-hybridized carbons (Fsp3) is 0.458. The number of nitrogens with one attached hydrogen (secondary N) is 1. The van der Waals surface area contributed by atoms with E-state index in [4.69, 9.17) is 4.98 Å². The van der Waals surface area contributed by atoms with Gasteiger partial charge in [-0.25, -0.2) is 4.98 Å². The van der Waals surface area contributed by atoms with Gasteiger partial charge >= 0.3 is 0 Å². The van der Waals surface area contributed by atoms with E-state index < -0.39 is 0 Å². The quantitative estimate of drug-likeness (QED) is 0.635. The Balaban J connectivity index is 1.41. The highest BCUT2D eigenvalue weighted by Gasteiger charge is 2.21. The van der Waals surface area contributed by atoms with Crippen LogP contribution in [-0.2, 0) is 4.79 Å². The number of imidazole rings is 1. The lowest BCUT2D eigenvalue weighted by Crippen LogP contribution is -2.49. The van der Waals surface area contributed by atoms with Crippen LogP contribution < -0.4 is 5.32 Å². The summed E-state index contributed by atoms with van der Waals surface area (Å²) in [5.74, 6) is 1.77. The summed E-state index contributed by atoms with van der Waals surface area (Å²) in [4.78, 5) is 26.2. The molecule has 2 aromatic heterocycles. The molecule has 1 fully saturated rings. The maximum absolute atomic E-state index is 12.8. The Morgan fingerprint density at radius 1 is 1.19 bits per heavy atom. The molecule has 7 nitrogen and oxygen atoms in total. The van der Waals surface area contributed by atoms with Crippen molar-refractivity contribution in [3.05, 3.63) is 48.4 Å². The molecule has 1 saturated heterocycles. The molecule has 0 spiro atoms. The minimum atomic E-state index is 0.212. The molecule has 0 saturated carbocycles. The molecule has 0 bridgehead atoms. The van der Waals surface area contributed by atoms with E-state index in [0.29, 0.717) is 18.9 Å². The van der Waals surface area contributed by atoms with Gasteiger partial charge in [0.1, 0.15) is 11.5 Å². The summed E-state index contributed by atoms with van der Waals surface area (Å²) < 4.78 is 2.00. The van der Waals surface area contributed by atoms with Gasteiger partial charge in [-0.2, -0.15) is 0 Å². The first kappa shape index (κ1) is 21.3. The zero-order valence-electron chi connectivity index (χ0n) is 18.7. The molecule has 3 heterocycles. The van der Waals surface area contributed by atoms with Crippen molar-refractivity contribution in [2.75, 3.05) is 44.6 Å². The molecule has 0 unspecified atom stereocenters. The highest BCUT2D eigenvalue weighted by atomic mass is 16.2. The summed E-state index contributed by atoms with van der Waals surface area (Å²) in [5.41, 5.74) is 3.91. The summed E-state index contributed by atoms with van der Waals surface area (Å²) in [7, 11) is 0. The molecule has 0 aliphatic carbocycles. The summed E-state index contributed by atoms with van der Waals surface area (Å²) >= 11 is 0. The number of aromatic nitrogens is 3. The van der Waals surface area contributed by atoms with Crippen LogP contribution in [0, 0.1) is 12.8 Å². The number of anilines is 1. The molecule has 31 heavy (non-hydrogen) atoms. The molecule has 164 valence electrons. The number of carbonyl (C=O) groups excluding carboxylic acids is 1. The molecule has 1 N–H and O–H groups in total. The number of rotatable bonds is 7. The number of aryl methyl sites for hydroxylation is 1. The van der Waals surface area contributed by atoms with Crippen LogP contribution in [0.25, 0.3) is 16.9 Å². The van der Waals surface area contributed by atoms with Crippen molar-refractivity contribution in [1.29, 1.82) is 0 Å². The average molecular weight is 421 g/mol. The lowest BCUT2D eigenvalue weighted by molar-refractivity contribution is -0.132. The highest BCUT2D eigenvalue weighted by Crippen LogP contribution is 2.29. The van der Waals surface area contributed by atoms with Crippen molar-refractivity contribution < 1.29 is 4.79 Å². The van der Waals surface area contributed by atoms with E-state index in [9.17, 15) is 4.79 Å². The van der Waals surface area contributed by atoms with Crippen molar-refractivity contribution in [3.63, 3.8) is 0 Å². The Bertz CT molecular complexity index is 1040.